The highest BCUT2D eigenvalue weighted by atomic mass is 31.2. The van der Waals surface area contributed by atoms with Gasteiger partial charge in [0.05, 0.1) is 5.31 Å². The monoisotopic (exact) mass is 282 g/mol. The third-order valence-corrected chi connectivity index (χ3v) is 6.43. The lowest BCUT2D eigenvalue weighted by molar-refractivity contribution is 0.339. The van der Waals surface area contributed by atoms with E-state index in [4.69, 9.17) is 29.4 Å². The van der Waals surface area contributed by atoms with E-state index in [1.807, 2.05) is 0 Å². The molecule has 0 aromatic carbocycles. The fourth-order valence-electron chi connectivity index (χ4n) is 0.735. The van der Waals surface area contributed by atoms with Crippen molar-refractivity contribution < 1.29 is 43.1 Å². The summed E-state index contributed by atoms with van der Waals surface area (Å²) in [5.74, 6) is 0. The molecule has 0 radical (unpaired) electrons. The Balaban J connectivity index is 5.57. The minimum absolute atomic E-state index is 1.48. The van der Waals surface area contributed by atoms with E-state index in [1.165, 1.54) is 0 Å². The number of allylic oxidation sites excluding steroid dienone is 1. The van der Waals surface area contributed by atoms with Gasteiger partial charge in [-0.05, 0) is 0 Å². The van der Waals surface area contributed by atoms with Gasteiger partial charge in [0, 0.05) is 0 Å². The fraction of sp³-hybridized carbons (Fsp3) is 0.333. The molecule has 0 saturated carbocycles. The maximum atomic E-state index is 10.7. The van der Waals surface area contributed by atoms with Crippen molar-refractivity contribution in [1.29, 1.82) is 0 Å². The molecule has 0 unspecified atom stereocenters. The average molecular weight is 282 g/mol. The molecule has 0 aliphatic carbocycles. The second-order valence-electron chi connectivity index (χ2n) is 2.59. The van der Waals surface area contributed by atoms with Gasteiger partial charge in [-0.2, -0.15) is 0 Å². The van der Waals surface area contributed by atoms with Gasteiger partial charge < -0.3 is 29.4 Å². The lowest BCUT2D eigenvalue weighted by Crippen LogP contribution is -2.12. The topological polar surface area (TPSA) is 173 Å². The van der Waals surface area contributed by atoms with Gasteiger partial charge in [-0.1, -0.05) is 6.58 Å². The third-order valence-electron chi connectivity index (χ3n) is 1.31. The first kappa shape index (κ1) is 15.2. The van der Waals surface area contributed by atoms with Crippen LogP contribution in [-0.2, 0) is 13.7 Å². The van der Waals surface area contributed by atoms with E-state index in [0.717, 1.165) is 0 Å². The number of rotatable bonds is 4. The lowest BCUT2D eigenvalue weighted by atomic mass is 10.7. The summed E-state index contributed by atoms with van der Waals surface area (Å²) in [4.78, 5) is 51.3. The summed E-state index contributed by atoms with van der Waals surface area (Å²) in [6.07, 6.45) is 0. The van der Waals surface area contributed by atoms with Crippen LogP contribution in [0.3, 0.4) is 0 Å². The molecule has 0 atom stereocenters. The molecule has 0 fully saturated rings. The molecule has 0 aromatic heterocycles. The molecule has 90 valence electrons. The smallest absolute Gasteiger partial charge is 0.324 e. The molecular formula is C3H9O9P3. The summed E-state index contributed by atoms with van der Waals surface area (Å²) >= 11 is 0. The van der Waals surface area contributed by atoms with Crippen LogP contribution in [0.1, 0.15) is 0 Å². The summed E-state index contributed by atoms with van der Waals surface area (Å²) in [6, 6.07) is 0. The Morgan fingerprint density at radius 2 is 1.13 bits per heavy atom. The normalized spacial score (nSPS) is 14.3. The van der Waals surface area contributed by atoms with Gasteiger partial charge in [-0.3, -0.25) is 13.7 Å². The second kappa shape index (κ2) is 4.22. The Morgan fingerprint density at radius 3 is 1.20 bits per heavy atom. The molecule has 0 spiro atoms. The van der Waals surface area contributed by atoms with Crippen LogP contribution in [0, 0.1) is 0 Å². The van der Waals surface area contributed by atoms with Gasteiger partial charge >= 0.3 is 22.8 Å². The van der Waals surface area contributed by atoms with Crippen molar-refractivity contribution in [2.75, 3.05) is 0 Å². The van der Waals surface area contributed by atoms with Crippen molar-refractivity contribution in [3.63, 3.8) is 0 Å². The third kappa shape index (κ3) is 4.28. The van der Waals surface area contributed by atoms with Crippen LogP contribution >= 0.6 is 22.8 Å². The van der Waals surface area contributed by atoms with Crippen LogP contribution in [0.4, 0.5) is 0 Å². The van der Waals surface area contributed by atoms with Gasteiger partial charge in [-0.25, -0.2) is 0 Å². The van der Waals surface area contributed by atoms with Crippen LogP contribution in [0.5, 0.6) is 0 Å². The highest BCUT2D eigenvalue weighted by Gasteiger charge is 2.50. The van der Waals surface area contributed by atoms with Crippen molar-refractivity contribution in [1.82, 2.24) is 0 Å². The highest BCUT2D eigenvalue weighted by molar-refractivity contribution is 7.73. The van der Waals surface area contributed by atoms with Gasteiger partial charge in [0.25, 0.3) is 0 Å². The first-order chi connectivity index (χ1) is 6.28. The van der Waals surface area contributed by atoms with Crippen LogP contribution in [0.25, 0.3) is 0 Å². The lowest BCUT2D eigenvalue weighted by Gasteiger charge is -2.21. The van der Waals surface area contributed by atoms with E-state index in [-0.39, 0.29) is 0 Å². The van der Waals surface area contributed by atoms with Gasteiger partial charge in [0.1, 0.15) is 0 Å². The summed E-state index contributed by atoms with van der Waals surface area (Å²) < 4.78 is 31.9. The van der Waals surface area contributed by atoms with Crippen LogP contribution < -0.4 is 0 Å². The molecule has 0 heterocycles. The zero-order chi connectivity index (χ0) is 12.7. The SMILES string of the molecule is C=C(C(P(=O)(O)O)P(=O)(O)O)P(=O)(O)O. The van der Waals surface area contributed by atoms with Crippen molar-refractivity contribution in [2.45, 2.75) is 5.40 Å². The molecule has 0 amide bonds. The molecule has 12 heteroatoms. The van der Waals surface area contributed by atoms with Crippen LogP contribution in [0.2, 0.25) is 0 Å². The molecule has 0 aromatic rings. The molecular weight excluding hydrogens is 273 g/mol. The predicted molar refractivity (Wildman–Crippen MR) is 49.1 cm³/mol. The van der Waals surface area contributed by atoms with Crippen molar-refractivity contribution >= 4 is 22.8 Å². The van der Waals surface area contributed by atoms with E-state index >= 15 is 0 Å². The highest BCUT2D eigenvalue weighted by Crippen LogP contribution is 2.68. The molecule has 0 saturated heterocycles. The molecule has 0 aliphatic heterocycles. The standard InChI is InChI=1S/C3H9O9P3/c1-2(13(4,5)6)3(14(7,8)9)15(10,11)12/h3H,1H2,(H2,4,5,6)(H2,7,8,9)(H2,10,11,12). The van der Waals surface area contributed by atoms with E-state index in [9.17, 15) is 13.7 Å². The van der Waals surface area contributed by atoms with Crippen molar-refractivity contribution in [2.24, 2.45) is 0 Å². The molecule has 15 heavy (non-hydrogen) atoms. The fourth-order valence-corrected chi connectivity index (χ4v) is 5.18. The Morgan fingerprint density at radius 1 is 0.867 bits per heavy atom. The summed E-state index contributed by atoms with van der Waals surface area (Å²) in [5, 5.41) is -4.37. The first-order valence-corrected chi connectivity index (χ1v) is 8.11. The van der Waals surface area contributed by atoms with Gasteiger partial charge in [-0.15, -0.1) is 0 Å². The van der Waals surface area contributed by atoms with Crippen molar-refractivity contribution in [3.8, 4) is 0 Å². The quantitative estimate of drug-likeness (QED) is 0.366. The summed E-state index contributed by atoms with van der Waals surface area (Å²) in [5.41, 5.74) is 0. The van der Waals surface area contributed by atoms with Crippen molar-refractivity contribution in [3.05, 3.63) is 11.9 Å². The number of hydrogen-bond donors (Lipinski definition) is 6. The van der Waals surface area contributed by atoms with Crippen LogP contribution in [0.15, 0.2) is 11.9 Å². The maximum absolute atomic E-state index is 10.7. The zero-order valence-corrected chi connectivity index (χ0v) is 9.72. The zero-order valence-electron chi connectivity index (χ0n) is 7.03. The molecule has 9 nitrogen and oxygen atoms in total. The average Bonchev–Trinajstić information content (AvgIpc) is 1.76. The Labute approximate surface area is 83.9 Å². The number of hydrogen-bond acceptors (Lipinski definition) is 3. The Bertz CT molecular complexity index is 371. The van der Waals surface area contributed by atoms with Crippen LogP contribution in [-0.4, -0.2) is 34.8 Å². The summed E-state index contributed by atoms with van der Waals surface area (Å²) in [7, 11) is -16.0. The first-order valence-electron chi connectivity index (χ1n) is 3.13. The minimum atomic E-state index is -5.40. The molecule has 0 rings (SSSR count). The minimum Gasteiger partial charge on any atom is -0.324 e. The van der Waals surface area contributed by atoms with E-state index in [1.54, 1.807) is 0 Å². The second-order valence-corrected chi connectivity index (χ2v) is 8.05. The predicted octanol–water partition coefficient (Wildman–Crippen LogP) is -0.641. The van der Waals surface area contributed by atoms with E-state index in [2.05, 4.69) is 6.58 Å². The Hall–Kier alpha value is 0.190. The maximum Gasteiger partial charge on any atom is 0.353 e. The summed E-state index contributed by atoms with van der Waals surface area (Å²) in [6.45, 7) is 2.61. The Kier molecular flexibility index (Phi) is 4.27. The van der Waals surface area contributed by atoms with Gasteiger partial charge in [0.15, 0.2) is 5.40 Å². The largest absolute Gasteiger partial charge is 0.353 e. The van der Waals surface area contributed by atoms with E-state index in [0.29, 0.717) is 0 Å². The molecule has 6 N–H and O–H groups in total. The van der Waals surface area contributed by atoms with Gasteiger partial charge in [0.2, 0.25) is 0 Å². The van der Waals surface area contributed by atoms with E-state index < -0.39 is 33.5 Å². The molecule has 0 aliphatic rings. The molecule has 0 bridgehead atoms.